The van der Waals surface area contributed by atoms with E-state index in [2.05, 4.69) is 5.32 Å². The zero-order chi connectivity index (χ0) is 17.8. The van der Waals surface area contributed by atoms with E-state index in [1.54, 1.807) is 18.2 Å². The van der Waals surface area contributed by atoms with E-state index in [4.69, 9.17) is 0 Å². The number of para-hydroxylation sites is 1. The fourth-order valence-electron chi connectivity index (χ4n) is 2.96. The molecule has 6 heteroatoms. The number of likely N-dealkylation sites (tertiary alicyclic amines) is 1. The second kappa shape index (κ2) is 7.42. The molecule has 1 fully saturated rings. The molecule has 130 valence electrons. The normalized spacial score (nSPS) is 17.4. The largest absolute Gasteiger partial charge is 0.326 e. The first-order valence-electron chi connectivity index (χ1n) is 8.14. The van der Waals surface area contributed by atoms with Crippen molar-refractivity contribution < 1.29 is 18.4 Å². The molecule has 1 N–H and O–H groups in total. The summed E-state index contributed by atoms with van der Waals surface area (Å²) < 4.78 is 26.8. The fraction of sp³-hybridized carbons (Fsp3) is 0.263. The van der Waals surface area contributed by atoms with Crippen LogP contribution in [0.5, 0.6) is 0 Å². The van der Waals surface area contributed by atoms with Gasteiger partial charge >= 0.3 is 0 Å². The van der Waals surface area contributed by atoms with Crippen molar-refractivity contribution in [2.45, 2.75) is 31.8 Å². The molecule has 0 spiro atoms. The molecule has 0 aliphatic carbocycles. The van der Waals surface area contributed by atoms with Crippen LogP contribution in [0.3, 0.4) is 0 Å². The van der Waals surface area contributed by atoms with Gasteiger partial charge in [-0.25, -0.2) is 8.78 Å². The number of carbonyl (C=O) groups is 2. The zero-order valence-corrected chi connectivity index (χ0v) is 13.5. The van der Waals surface area contributed by atoms with Gasteiger partial charge in [0.15, 0.2) is 0 Å². The monoisotopic (exact) mass is 344 g/mol. The fourth-order valence-corrected chi connectivity index (χ4v) is 2.96. The van der Waals surface area contributed by atoms with Crippen LogP contribution in [0.2, 0.25) is 0 Å². The van der Waals surface area contributed by atoms with Crippen LogP contribution < -0.4 is 5.32 Å². The van der Waals surface area contributed by atoms with E-state index in [1.165, 1.54) is 35.2 Å². The topological polar surface area (TPSA) is 49.4 Å². The Balaban J connectivity index is 1.77. The lowest BCUT2D eigenvalue weighted by Crippen LogP contribution is -2.49. The van der Waals surface area contributed by atoms with Gasteiger partial charge in [0, 0.05) is 13.0 Å². The molecular weight excluding hydrogens is 326 g/mol. The highest BCUT2D eigenvalue weighted by atomic mass is 19.1. The Morgan fingerprint density at radius 1 is 1.12 bits per heavy atom. The molecule has 1 atom stereocenters. The SMILES string of the molecule is O=C(Nc1ccccc1F)C1CCCC(=O)N1Cc1ccc(F)cc1. The van der Waals surface area contributed by atoms with E-state index in [0.29, 0.717) is 19.3 Å². The van der Waals surface area contributed by atoms with Crippen LogP contribution in [0.15, 0.2) is 48.5 Å². The Hall–Kier alpha value is -2.76. The molecule has 2 aromatic carbocycles. The molecule has 1 saturated heterocycles. The maximum absolute atomic E-state index is 13.7. The minimum Gasteiger partial charge on any atom is -0.326 e. The van der Waals surface area contributed by atoms with Crippen LogP contribution in [0.1, 0.15) is 24.8 Å². The minimum absolute atomic E-state index is 0.0901. The van der Waals surface area contributed by atoms with Gasteiger partial charge in [0.2, 0.25) is 11.8 Å². The summed E-state index contributed by atoms with van der Waals surface area (Å²) >= 11 is 0. The Labute approximate surface area is 144 Å². The van der Waals surface area contributed by atoms with Crippen molar-refractivity contribution in [1.29, 1.82) is 0 Å². The predicted octanol–water partition coefficient (Wildman–Crippen LogP) is 3.48. The number of amides is 2. The van der Waals surface area contributed by atoms with E-state index < -0.39 is 17.8 Å². The second-order valence-electron chi connectivity index (χ2n) is 6.03. The van der Waals surface area contributed by atoms with Crippen LogP contribution >= 0.6 is 0 Å². The molecule has 0 bridgehead atoms. The van der Waals surface area contributed by atoms with Crippen molar-refractivity contribution in [3.63, 3.8) is 0 Å². The van der Waals surface area contributed by atoms with Crippen molar-refractivity contribution in [2.24, 2.45) is 0 Å². The first kappa shape index (κ1) is 17.1. The van der Waals surface area contributed by atoms with Gasteiger partial charge in [0.25, 0.3) is 0 Å². The molecule has 25 heavy (non-hydrogen) atoms. The van der Waals surface area contributed by atoms with Crippen molar-refractivity contribution >= 4 is 17.5 Å². The van der Waals surface area contributed by atoms with E-state index in [0.717, 1.165) is 5.56 Å². The highest BCUT2D eigenvalue weighted by Crippen LogP contribution is 2.23. The van der Waals surface area contributed by atoms with E-state index in [9.17, 15) is 18.4 Å². The molecule has 0 aromatic heterocycles. The number of hydrogen-bond acceptors (Lipinski definition) is 2. The van der Waals surface area contributed by atoms with Gasteiger partial charge in [-0.1, -0.05) is 24.3 Å². The number of nitrogens with one attached hydrogen (secondary N) is 1. The van der Waals surface area contributed by atoms with Crippen LogP contribution in [-0.4, -0.2) is 22.8 Å². The Morgan fingerprint density at radius 2 is 1.84 bits per heavy atom. The molecule has 2 aromatic rings. The number of nitrogens with zero attached hydrogens (tertiary/aromatic N) is 1. The van der Waals surface area contributed by atoms with Gasteiger partial charge in [-0.15, -0.1) is 0 Å². The van der Waals surface area contributed by atoms with Gasteiger partial charge in [-0.05, 0) is 42.7 Å². The summed E-state index contributed by atoms with van der Waals surface area (Å²) in [4.78, 5) is 26.4. The quantitative estimate of drug-likeness (QED) is 0.923. The smallest absolute Gasteiger partial charge is 0.247 e. The first-order chi connectivity index (χ1) is 12.0. The summed E-state index contributed by atoms with van der Waals surface area (Å²) in [6.45, 7) is 0.217. The molecule has 0 saturated carbocycles. The van der Waals surface area contributed by atoms with Gasteiger partial charge in [0.1, 0.15) is 17.7 Å². The number of piperidine rings is 1. The Morgan fingerprint density at radius 3 is 2.56 bits per heavy atom. The summed E-state index contributed by atoms with van der Waals surface area (Å²) in [6.07, 6.45) is 1.48. The van der Waals surface area contributed by atoms with Crippen molar-refractivity contribution in [3.05, 3.63) is 65.7 Å². The number of anilines is 1. The molecule has 2 amide bonds. The molecule has 4 nitrogen and oxygen atoms in total. The molecular formula is C19H18F2N2O2. The Bertz CT molecular complexity index is 777. The van der Waals surface area contributed by atoms with Crippen molar-refractivity contribution in [3.8, 4) is 0 Å². The molecule has 1 aliphatic heterocycles. The van der Waals surface area contributed by atoms with Crippen LogP contribution in [-0.2, 0) is 16.1 Å². The number of benzene rings is 2. The number of halogens is 2. The zero-order valence-electron chi connectivity index (χ0n) is 13.5. The summed E-state index contributed by atoms with van der Waals surface area (Å²) in [5, 5.41) is 2.56. The minimum atomic E-state index is -0.675. The summed E-state index contributed by atoms with van der Waals surface area (Å²) in [5.74, 6) is -1.44. The van der Waals surface area contributed by atoms with Crippen LogP contribution in [0, 0.1) is 11.6 Å². The van der Waals surface area contributed by atoms with E-state index in [1.807, 2.05) is 0 Å². The highest BCUT2D eigenvalue weighted by Gasteiger charge is 2.33. The third kappa shape index (κ3) is 4.02. The summed E-state index contributed by atoms with van der Waals surface area (Å²) in [6, 6.07) is 11.0. The lowest BCUT2D eigenvalue weighted by molar-refractivity contribution is -0.142. The maximum atomic E-state index is 13.7. The summed E-state index contributed by atoms with van der Waals surface area (Å²) in [7, 11) is 0. The molecule has 1 heterocycles. The molecule has 3 rings (SSSR count). The average molecular weight is 344 g/mol. The third-order valence-electron chi connectivity index (χ3n) is 4.27. The number of hydrogen-bond donors (Lipinski definition) is 1. The van der Waals surface area contributed by atoms with Crippen LogP contribution in [0.25, 0.3) is 0 Å². The van der Waals surface area contributed by atoms with E-state index >= 15 is 0 Å². The summed E-state index contributed by atoms with van der Waals surface area (Å²) in [5.41, 5.74) is 0.826. The average Bonchev–Trinajstić information content (AvgIpc) is 2.60. The number of carbonyl (C=O) groups excluding carboxylic acids is 2. The second-order valence-corrected chi connectivity index (χ2v) is 6.03. The van der Waals surface area contributed by atoms with E-state index in [-0.39, 0.29) is 24.0 Å². The van der Waals surface area contributed by atoms with Crippen molar-refractivity contribution in [1.82, 2.24) is 4.90 Å². The maximum Gasteiger partial charge on any atom is 0.247 e. The predicted molar refractivity (Wildman–Crippen MR) is 89.6 cm³/mol. The molecule has 1 aliphatic rings. The van der Waals surface area contributed by atoms with Gasteiger partial charge in [-0.3, -0.25) is 9.59 Å². The van der Waals surface area contributed by atoms with Gasteiger partial charge in [-0.2, -0.15) is 0 Å². The highest BCUT2D eigenvalue weighted by molar-refractivity contribution is 5.97. The van der Waals surface area contributed by atoms with Crippen LogP contribution in [0.4, 0.5) is 14.5 Å². The van der Waals surface area contributed by atoms with Gasteiger partial charge < -0.3 is 10.2 Å². The Kier molecular flexibility index (Phi) is 5.07. The van der Waals surface area contributed by atoms with Crippen molar-refractivity contribution in [2.75, 3.05) is 5.32 Å². The standard InChI is InChI=1S/C19H18F2N2O2/c20-14-10-8-13(9-11-14)12-23-17(6-3-7-18(23)24)19(25)22-16-5-2-1-4-15(16)21/h1-2,4-5,8-11,17H,3,6-7,12H2,(H,22,25). The third-order valence-corrected chi connectivity index (χ3v) is 4.27. The first-order valence-corrected chi connectivity index (χ1v) is 8.14. The molecule has 1 unspecified atom stereocenters. The van der Waals surface area contributed by atoms with Gasteiger partial charge in [0.05, 0.1) is 5.69 Å². The lowest BCUT2D eigenvalue weighted by atomic mass is 9.99. The lowest BCUT2D eigenvalue weighted by Gasteiger charge is -2.34. The molecule has 0 radical (unpaired) electrons. The number of rotatable bonds is 4.